The van der Waals surface area contributed by atoms with E-state index in [1.165, 1.54) is 6.07 Å². The molecule has 0 aliphatic rings. The molecule has 21 heavy (non-hydrogen) atoms. The van der Waals surface area contributed by atoms with Gasteiger partial charge in [-0.2, -0.15) is 0 Å². The first kappa shape index (κ1) is 16.6. The van der Waals surface area contributed by atoms with Crippen LogP contribution in [0.1, 0.15) is 24.1 Å². The molecule has 1 unspecified atom stereocenters. The maximum Gasteiger partial charge on any atom is 0.142 e. The van der Waals surface area contributed by atoms with E-state index < -0.39 is 5.82 Å². The SMILES string of the molecule is CCNC(Cc1c(Cl)cccc1Cl)c1cccc(F)c1Cl. The van der Waals surface area contributed by atoms with Gasteiger partial charge in [-0.15, -0.1) is 0 Å². The Labute approximate surface area is 139 Å². The van der Waals surface area contributed by atoms with Gasteiger partial charge < -0.3 is 5.32 Å². The lowest BCUT2D eigenvalue weighted by Gasteiger charge is -2.21. The second kappa shape index (κ2) is 7.46. The molecular weight excluding hydrogens is 332 g/mol. The molecular formula is C16H15Cl3FN. The zero-order valence-corrected chi connectivity index (χ0v) is 13.7. The number of hydrogen-bond acceptors (Lipinski definition) is 1. The minimum atomic E-state index is -0.428. The summed E-state index contributed by atoms with van der Waals surface area (Å²) in [5, 5.41) is 4.62. The van der Waals surface area contributed by atoms with E-state index in [-0.39, 0.29) is 11.1 Å². The number of likely N-dealkylation sites (N-methyl/N-ethyl adjacent to an activating group) is 1. The number of hydrogen-bond donors (Lipinski definition) is 1. The molecule has 5 heteroatoms. The Morgan fingerprint density at radius 3 is 2.29 bits per heavy atom. The number of nitrogens with one attached hydrogen (secondary N) is 1. The lowest BCUT2D eigenvalue weighted by molar-refractivity contribution is 0.543. The summed E-state index contributed by atoms with van der Waals surface area (Å²) in [6.45, 7) is 2.70. The highest BCUT2D eigenvalue weighted by molar-refractivity contribution is 6.36. The molecule has 0 saturated carbocycles. The fourth-order valence-corrected chi connectivity index (χ4v) is 3.07. The van der Waals surface area contributed by atoms with E-state index in [4.69, 9.17) is 34.8 Å². The molecule has 0 aliphatic heterocycles. The largest absolute Gasteiger partial charge is 0.310 e. The van der Waals surface area contributed by atoms with Crippen LogP contribution in [0.15, 0.2) is 36.4 Å². The first-order chi connectivity index (χ1) is 10.0. The van der Waals surface area contributed by atoms with Crippen molar-refractivity contribution >= 4 is 34.8 Å². The summed E-state index contributed by atoms with van der Waals surface area (Å²) in [5.41, 5.74) is 1.53. The summed E-state index contributed by atoms with van der Waals surface area (Å²) < 4.78 is 13.7. The molecule has 0 aromatic heterocycles. The van der Waals surface area contributed by atoms with E-state index >= 15 is 0 Å². The van der Waals surface area contributed by atoms with E-state index in [0.29, 0.717) is 22.0 Å². The highest BCUT2D eigenvalue weighted by Crippen LogP contribution is 2.32. The molecule has 2 aromatic rings. The number of rotatable bonds is 5. The topological polar surface area (TPSA) is 12.0 Å². The fourth-order valence-electron chi connectivity index (χ4n) is 2.26. The zero-order valence-electron chi connectivity index (χ0n) is 11.5. The van der Waals surface area contributed by atoms with Gasteiger partial charge in [0.25, 0.3) is 0 Å². The molecule has 1 atom stereocenters. The Balaban J connectivity index is 2.38. The van der Waals surface area contributed by atoms with E-state index in [1.807, 2.05) is 13.0 Å². The Bertz CT molecular complexity index is 611. The molecule has 0 spiro atoms. The monoisotopic (exact) mass is 345 g/mol. The first-order valence-corrected chi connectivity index (χ1v) is 7.78. The van der Waals surface area contributed by atoms with Gasteiger partial charge in [0, 0.05) is 16.1 Å². The Morgan fingerprint density at radius 2 is 1.67 bits per heavy atom. The van der Waals surface area contributed by atoms with Crippen LogP contribution < -0.4 is 5.32 Å². The molecule has 0 aliphatic carbocycles. The summed E-state index contributed by atoms with van der Waals surface area (Å²) in [5.74, 6) is -0.428. The average molecular weight is 347 g/mol. The van der Waals surface area contributed by atoms with Gasteiger partial charge in [0.15, 0.2) is 0 Å². The van der Waals surface area contributed by atoms with Crippen LogP contribution in [0.5, 0.6) is 0 Å². The smallest absolute Gasteiger partial charge is 0.142 e. The Hall–Kier alpha value is -0.800. The molecule has 112 valence electrons. The predicted octanol–water partition coefficient (Wildman–Crippen LogP) is 5.68. The van der Waals surface area contributed by atoms with Gasteiger partial charge in [-0.1, -0.05) is 59.9 Å². The lowest BCUT2D eigenvalue weighted by atomic mass is 9.98. The Morgan fingerprint density at radius 1 is 1.05 bits per heavy atom. The quantitative estimate of drug-likeness (QED) is 0.734. The van der Waals surface area contributed by atoms with Crippen LogP contribution >= 0.6 is 34.8 Å². The van der Waals surface area contributed by atoms with Crippen molar-refractivity contribution in [3.63, 3.8) is 0 Å². The van der Waals surface area contributed by atoms with Crippen LogP contribution in [-0.2, 0) is 6.42 Å². The van der Waals surface area contributed by atoms with Gasteiger partial charge in [0.2, 0.25) is 0 Å². The molecule has 0 radical (unpaired) electrons. The van der Waals surface area contributed by atoms with E-state index in [9.17, 15) is 4.39 Å². The molecule has 0 bridgehead atoms. The highest BCUT2D eigenvalue weighted by Gasteiger charge is 2.19. The second-order valence-electron chi connectivity index (χ2n) is 4.66. The van der Waals surface area contributed by atoms with Crippen molar-refractivity contribution in [2.45, 2.75) is 19.4 Å². The third-order valence-electron chi connectivity index (χ3n) is 3.28. The summed E-state index contributed by atoms with van der Waals surface area (Å²) in [6, 6.07) is 10.0. The first-order valence-electron chi connectivity index (χ1n) is 6.64. The molecule has 1 N–H and O–H groups in total. The third-order valence-corrected chi connectivity index (χ3v) is 4.38. The Kier molecular flexibility index (Phi) is 5.88. The average Bonchev–Trinajstić information content (AvgIpc) is 2.45. The van der Waals surface area contributed by atoms with Crippen molar-refractivity contribution in [3.05, 3.63) is 68.4 Å². The van der Waals surface area contributed by atoms with Crippen LogP contribution in [-0.4, -0.2) is 6.54 Å². The lowest BCUT2D eigenvalue weighted by Crippen LogP contribution is -2.23. The van der Waals surface area contributed by atoms with Crippen LogP contribution in [0.25, 0.3) is 0 Å². The summed E-state index contributed by atoms with van der Waals surface area (Å²) in [4.78, 5) is 0. The van der Waals surface area contributed by atoms with Gasteiger partial charge in [-0.3, -0.25) is 0 Å². The minimum absolute atomic E-state index is 0.131. The van der Waals surface area contributed by atoms with Crippen LogP contribution in [0.2, 0.25) is 15.1 Å². The van der Waals surface area contributed by atoms with E-state index in [1.54, 1.807) is 24.3 Å². The maximum absolute atomic E-state index is 13.7. The molecule has 0 heterocycles. The van der Waals surface area contributed by atoms with Gasteiger partial charge in [0.05, 0.1) is 5.02 Å². The van der Waals surface area contributed by atoms with Crippen LogP contribution in [0.3, 0.4) is 0 Å². The predicted molar refractivity (Wildman–Crippen MR) is 88.0 cm³/mol. The molecule has 0 amide bonds. The molecule has 0 saturated heterocycles. The third kappa shape index (κ3) is 3.89. The molecule has 1 nitrogen and oxygen atoms in total. The van der Waals surface area contributed by atoms with Gasteiger partial charge >= 0.3 is 0 Å². The normalized spacial score (nSPS) is 12.4. The van der Waals surface area contributed by atoms with E-state index in [0.717, 1.165) is 12.1 Å². The summed E-state index contributed by atoms with van der Waals surface area (Å²) in [7, 11) is 0. The van der Waals surface area contributed by atoms with Crippen molar-refractivity contribution in [1.82, 2.24) is 5.32 Å². The van der Waals surface area contributed by atoms with Gasteiger partial charge in [-0.05, 0) is 42.3 Å². The van der Waals surface area contributed by atoms with Crippen LogP contribution in [0, 0.1) is 5.82 Å². The van der Waals surface area contributed by atoms with Crippen molar-refractivity contribution in [2.24, 2.45) is 0 Å². The molecule has 2 rings (SSSR count). The van der Waals surface area contributed by atoms with Crippen molar-refractivity contribution < 1.29 is 4.39 Å². The number of halogens is 4. The van der Waals surface area contributed by atoms with Crippen molar-refractivity contribution in [2.75, 3.05) is 6.54 Å². The standard InChI is InChI=1S/C16H15Cl3FN/c1-2-21-15(10-5-3-8-14(20)16(10)19)9-11-12(17)6-4-7-13(11)18/h3-8,15,21H,2,9H2,1H3. The molecule has 0 fully saturated rings. The number of benzene rings is 2. The van der Waals surface area contributed by atoms with Crippen molar-refractivity contribution in [1.29, 1.82) is 0 Å². The second-order valence-corrected chi connectivity index (χ2v) is 5.85. The molecule has 2 aromatic carbocycles. The highest BCUT2D eigenvalue weighted by atomic mass is 35.5. The van der Waals surface area contributed by atoms with Crippen LogP contribution in [0.4, 0.5) is 4.39 Å². The maximum atomic E-state index is 13.7. The minimum Gasteiger partial charge on any atom is -0.310 e. The van der Waals surface area contributed by atoms with E-state index in [2.05, 4.69) is 5.32 Å². The fraction of sp³-hybridized carbons (Fsp3) is 0.250. The van der Waals surface area contributed by atoms with Crippen molar-refractivity contribution in [3.8, 4) is 0 Å². The van der Waals surface area contributed by atoms with Gasteiger partial charge in [-0.25, -0.2) is 4.39 Å². The zero-order chi connectivity index (χ0) is 15.4. The van der Waals surface area contributed by atoms with Gasteiger partial charge in [0.1, 0.15) is 5.82 Å². The summed E-state index contributed by atoms with van der Waals surface area (Å²) >= 11 is 18.5. The summed E-state index contributed by atoms with van der Waals surface area (Å²) in [6.07, 6.45) is 0.537.